The van der Waals surface area contributed by atoms with Crippen LogP contribution in [-0.4, -0.2) is 10.7 Å². The fourth-order valence-corrected chi connectivity index (χ4v) is 6.45. The molecule has 2 bridgehead atoms. The third-order valence-corrected chi connectivity index (χ3v) is 8.12. The van der Waals surface area contributed by atoms with Gasteiger partial charge in [0.05, 0.1) is 12.1 Å². The second kappa shape index (κ2) is 10.4. The van der Waals surface area contributed by atoms with Crippen LogP contribution in [0.25, 0.3) is 0 Å². The van der Waals surface area contributed by atoms with E-state index < -0.39 is 0 Å². The van der Waals surface area contributed by atoms with Gasteiger partial charge in [0.1, 0.15) is 12.0 Å². The molecule has 5 atom stereocenters. The minimum atomic E-state index is -0.0476. The summed E-state index contributed by atoms with van der Waals surface area (Å²) in [5.74, 6) is 1.20. The van der Waals surface area contributed by atoms with Gasteiger partial charge in [-0.1, -0.05) is 152 Å². The maximum absolute atomic E-state index is 5.64. The number of nitrogens with zero attached hydrogens (tertiary/aromatic N) is 2. The zero-order chi connectivity index (χ0) is 26.0. The number of hydrogen-bond donors (Lipinski definition) is 1. The first-order chi connectivity index (χ1) is 19.4. The number of fused-ring (bicyclic) bond motifs is 2. The molecule has 0 radical (unpaired) electrons. The van der Waals surface area contributed by atoms with Crippen LogP contribution in [0.4, 0.5) is 0 Å². The molecule has 7 rings (SSSR count). The summed E-state index contributed by atoms with van der Waals surface area (Å²) in [5.41, 5.74) is 6.23. The Hall–Kier alpha value is -4.47. The van der Waals surface area contributed by atoms with E-state index in [4.69, 9.17) is 4.99 Å². The third-order valence-electron chi connectivity index (χ3n) is 8.12. The monoisotopic (exact) mass is 505 g/mol. The molecular formula is C36H31N3. The van der Waals surface area contributed by atoms with E-state index in [1.54, 1.807) is 0 Å². The Labute approximate surface area is 230 Å². The van der Waals surface area contributed by atoms with Gasteiger partial charge >= 0.3 is 0 Å². The molecule has 5 aromatic carbocycles. The second-order valence-corrected chi connectivity index (χ2v) is 10.4. The highest BCUT2D eigenvalue weighted by Gasteiger charge is 2.52. The number of hydrogen-bond acceptors (Lipinski definition) is 3. The molecule has 1 N–H and O–H groups in total. The molecule has 0 amide bonds. The van der Waals surface area contributed by atoms with E-state index in [9.17, 15) is 0 Å². The van der Waals surface area contributed by atoms with Crippen molar-refractivity contribution in [1.29, 1.82) is 0 Å². The Morgan fingerprint density at radius 3 is 1.51 bits per heavy atom. The van der Waals surface area contributed by atoms with Crippen LogP contribution < -0.4 is 5.32 Å². The van der Waals surface area contributed by atoms with Gasteiger partial charge < -0.3 is 4.90 Å². The molecule has 1 saturated heterocycles. The van der Waals surface area contributed by atoms with E-state index in [-0.39, 0.29) is 30.2 Å². The molecule has 39 heavy (non-hydrogen) atoms. The summed E-state index contributed by atoms with van der Waals surface area (Å²) >= 11 is 0. The van der Waals surface area contributed by atoms with Crippen LogP contribution in [0, 0.1) is 5.92 Å². The lowest BCUT2D eigenvalue weighted by atomic mass is 9.72. The average molecular weight is 506 g/mol. The molecule has 0 aliphatic carbocycles. The lowest BCUT2D eigenvalue weighted by molar-refractivity contribution is 0.0269. The van der Waals surface area contributed by atoms with Crippen molar-refractivity contribution in [2.45, 2.75) is 24.3 Å². The number of rotatable bonds is 5. The fraction of sp³-hybridized carbons (Fsp3) is 0.139. The molecule has 190 valence electrons. The van der Waals surface area contributed by atoms with Crippen LogP contribution >= 0.6 is 0 Å². The lowest BCUT2D eigenvalue weighted by Crippen LogP contribution is -2.58. The van der Waals surface area contributed by atoms with Gasteiger partial charge in [0.2, 0.25) is 0 Å². The standard InChI is InChI=1S/C36H31N3/c1-6-16-26(17-7-1)32-31-33(27-18-8-2-9-19-27)38-36(30-24-14-5-15-25-30)39(34(31)28-20-10-3-11-21-28)35(37-32)29-22-12-4-13-23-29/h1-25,31-35,37H. The molecule has 3 nitrogen and oxygen atoms in total. The largest absolute Gasteiger partial charge is 0.329 e. The zero-order valence-electron chi connectivity index (χ0n) is 21.7. The summed E-state index contributed by atoms with van der Waals surface area (Å²) in [4.78, 5) is 8.18. The number of nitrogens with one attached hydrogen (secondary N) is 1. The second-order valence-electron chi connectivity index (χ2n) is 10.4. The SMILES string of the molecule is c1ccc(C2=NC(c3ccccc3)C3C(c4ccccc4)NC(c4ccccc4)N2C3c2ccccc2)cc1. The van der Waals surface area contributed by atoms with E-state index in [2.05, 4.69) is 162 Å². The predicted molar refractivity (Wildman–Crippen MR) is 158 cm³/mol. The van der Waals surface area contributed by atoms with E-state index in [1.807, 2.05) is 0 Å². The van der Waals surface area contributed by atoms with E-state index in [0.29, 0.717) is 0 Å². The number of aliphatic imine (C=N–C) groups is 1. The molecule has 5 aromatic rings. The van der Waals surface area contributed by atoms with Crippen molar-refractivity contribution in [2.75, 3.05) is 0 Å². The summed E-state index contributed by atoms with van der Waals surface area (Å²) in [6.07, 6.45) is -0.0476. The quantitative estimate of drug-likeness (QED) is 0.263. The Balaban J connectivity index is 1.52. The summed E-state index contributed by atoms with van der Waals surface area (Å²) in [7, 11) is 0. The molecule has 2 aliphatic rings. The highest BCUT2D eigenvalue weighted by atomic mass is 15.4. The van der Waals surface area contributed by atoms with Crippen LogP contribution in [0.15, 0.2) is 157 Å². The highest BCUT2D eigenvalue weighted by Crippen LogP contribution is 2.55. The van der Waals surface area contributed by atoms with Gasteiger partial charge in [-0.3, -0.25) is 10.3 Å². The Morgan fingerprint density at radius 1 is 0.487 bits per heavy atom. The fourth-order valence-electron chi connectivity index (χ4n) is 6.45. The van der Waals surface area contributed by atoms with Crippen LogP contribution in [-0.2, 0) is 0 Å². The summed E-state index contributed by atoms with van der Waals surface area (Å²) in [6, 6.07) is 54.5. The average Bonchev–Trinajstić information content (AvgIpc) is 3.03. The normalized spacial score (nSPS) is 24.2. The molecule has 0 saturated carbocycles. The maximum atomic E-state index is 5.64. The Morgan fingerprint density at radius 2 is 0.949 bits per heavy atom. The first-order valence-electron chi connectivity index (χ1n) is 13.8. The smallest absolute Gasteiger partial charge is 0.133 e. The van der Waals surface area contributed by atoms with Crippen LogP contribution in [0.2, 0.25) is 0 Å². The Bertz CT molecular complexity index is 1540. The molecule has 0 aromatic heterocycles. The van der Waals surface area contributed by atoms with Crippen molar-refractivity contribution in [3.05, 3.63) is 179 Å². The summed E-state index contributed by atoms with van der Waals surface area (Å²) in [6.45, 7) is 0. The van der Waals surface area contributed by atoms with E-state index >= 15 is 0 Å². The minimum absolute atomic E-state index is 0.0164. The molecule has 5 unspecified atom stereocenters. The summed E-state index contributed by atoms with van der Waals surface area (Å²) < 4.78 is 0. The van der Waals surface area contributed by atoms with Gasteiger partial charge in [0, 0.05) is 17.5 Å². The van der Waals surface area contributed by atoms with Crippen molar-refractivity contribution in [3.63, 3.8) is 0 Å². The van der Waals surface area contributed by atoms with Gasteiger partial charge in [-0.25, -0.2) is 0 Å². The van der Waals surface area contributed by atoms with Crippen LogP contribution in [0.3, 0.4) is 0 Å². The van der Waals surface area contributed by atoms with Crippen LogP contribution in [0.5, 0.6) is 0 Å². The van der Waals surface area contributed by atoms with Gasteiger partial charge in [0.25, 0.3) is 0 Å². The van der Waals surface area contributed by atoms with Crippen molar-refractivity contribution >= 4 is 5.84 Å². The Kier molecular flexibility index (Phi) is 6.28. The molecule has 1 fully saturated rings. The zero-order valence-corrected chi connectivity index (χ0v) is 21.7. The molecule has 0 spiro atoms. The first-order valence-corrected chi connectivity index (χ1v) is 13.8. The van der Waals surface area contributed by atoms with Gasteiger partial charge in [-0.05, 0) is 22.3 Å². The lowest BCUT2D eigenvalue weighted by Gasteiger charge is -2.56. The van der Waals surface area contributed by atoms with E-state index in [0.717, 1.165) is 11.4 Å². The van der Waals surface area contributed by atoms with Crippen molar-refractivity contribution < 1.29 is 0 Å². The van der Waals surface area contributed by atoms with Crippen molar-refractivity contribution in [1.82, 2.24) is 10.2 Å². The van der Waals surface area contributed by atoms with Crippen molar-refractivity contribution in [2.24, 2.45) is 10.9 Å². The molecule has 2 aliphatic heterocycles. The minimum Gasteiger partial charge on any atom is -0.329 e. The maximum Gasteiger partial charge on any atom is 0.133 e. The van der Waals surface area contributed by atoms with Crippen molar-refractivity contribution in [3.8, 4) is 0 Å². The summed E-state index contributed by atoms with van der Waals surface area (Å²) in [5, 5.41) is 4.13. The van der Waals surface area contributed by atoms with E-state index in [1.165, 1.54) is 22.3 Å². The number of benzene rings is 5. The van der Waals surface area contributed by atoms with Gasteiger partial charge in [-0.15, -0.1) is 0 Å². The molecule has 3 heteroatoms. The predicted octanol–water partition coefficient (Wildman–Crippen LogP) is 7.89. The topological polar surface area (TPSA) is 27.6 Å². The molecule has 2 heterocycles. The van der Waals surface area contributed by atoms with Crippen LogP contribution in [0.1, 0.15) is 52.1 Å². The van der Waals surface area contributed by atoms with Gasteiger partial charge in [-0.2, -0.15) is 0 Å². The van der Waals surface area contributed by atoms with Gasteiger partial charge in [0.15, 0.2) is 0 Å². The highest BCUT2D eigenvalue weighted by molar-refractivity contribution is 6.00. The first kappa shape index (κ1) is 23.6. The third kappa shape index (κ3) is 4.35. The number of amidine groups is 1. The molecular weight excluding hydrogens is 474 g/mol.